The lowest BCUT2D eigenvalue weighted by Gasteiger charge is -2.19. The van der Waals surface area contributed by atoms with Crippen molar-refractivity contribution >= 4 is 11.6 Å². The van der Waals surface area contributed by atoms with Gasteiger partial charge in [-0.05, 0) is 67.6 Å². The Balaban J connectivity index is 1.48. The van der Waals surface area contributed by atoms with Gasteiger partial charge in [-0.15, -0.1) is 0 Å². The van der Waals surface area contributed by atoms with E-state index in [2.05, 4.69) is 0 Å². The molecule has 6 heteroatoms. The predicted molar refractivity (Wildman–Crippen MR) is 100.0 cm³/mol. The third-order valence-electron chi connectivity index (χ3n) is 6.48. The highest BCUT2D eigenvalue weighted by atomic mass is 19.1. The van der Waals surface area contributed by atoms with E-state index in [4.69, 9.17) is 9.47 Å². The summed E-state index contributed by atoms with van der Waals surface area (Å²) in [5.74, 6) is -2.71. The summed E-state index contributed by atoms with van der Waals surface area (Å²) in [6, 6.07) is 6.32. The second-order valence-electron chi connectivity index (χ2n) is 8.23. The van der Waals surface area contributed by atoms with E-state index in [1.54, 1.807) is 26.0 Å². The molecule has 29 heavy (non-hydrogen) atoms. The third-order valence-corrected chi connectivity index (χ3v) is 6.48. The van der Waals surface area contributed by atoms with Gasteiger partial charge >= 0.3 is 0 Å². The van der Waals surface area contributed by atoms with Gasteiger partial charge in [-0.3, -0.25) is 9.59 Å². The van der Waals surface area contributed by atoms with Crippen molar-refractivity contribution in [1.29, 1.82) is 0 Å². The maximum absolute atomic E-state index is 13.9. The van der Waals surface area contributed by atoms with Crippen LogP contribution in [0.15, 0.2) is 30.3 Å². The average molecular weight is 398 g/mol. The van der Waals surface area contributed by atoms with E-state index in [0.717, 1.165) is 42.2 Å². The predicted octanol–water partition coefficient (Wildman–Crippen LogP) is 4.40. The van der Waals surface area contributed by atoms with Gasteiger partial charge in [0.2, 0.25) is 0 Å². The third kappa shape index (κ3) is 2.73. The minimum Gasteiger partial charge on any atom is -0.454 e. The van der Waals surface area contributed by atoms with E-state index in [-0.39, 0.29) is 41.4 Å². The normalized spacial score (nSPS) is 30.1. The highest BCUT2D eigenvalue weighted by molar-refractivity contribution is 6.17. The lowest BCUT2D eigenvalue weighted by molar-refractivity contribution is -0.127. The number of hydrogen-bond donors (Lipinski definition) is 0. The Morgan fingerprint density at radius 2 is 1.52 bits per heavy atom. The molecule has 3 fully saturated rings. The lowest BCUT2D eigenvalue weighted by Crippen LogP contribution is -2.29. The smallest absolute Gasteiger partial charge is 0.165 e. The number of Topliss-reactive ketones (excluding diaryl/α,β-unsaturated/α-hetero) is 2. The number of benzene rings is 2. The van der Waals surface area contributed by atoms with Crippen LogP contribution in [0.4, 0.5) is 8.78 Å². The lowest BCUT2D eigenvalue weighted by atomic mass is 9.81. The Morgan fingerprint density at radius 3 is 2.10 bits per heavy atom. The second kappa shape index (κ2) is 6.46. The number of ether oxygens (including phenoxy) is 2. The molecule has 150 valence electrons. The summed E-state index contributed by atoms with van der Waals surface area (Å²) in [6.07, 6.45) is 1.40. The van der Waals surface area contributed by atoms with Crippen LogP contribution in [0.2, 0.25) is 0 Å². The molecule has 2 aliphatic heterocycles. The summed E-state index contributed by atoms with van der Waals surface area (Å²) in [7, 11) is 0. The Hall–Kier alpha value is -2.60. The molecular weight excluding hydrogens is 378 g/mol. The molecule has 0 radical (unpaired) electrons. The molecule has 2 bridgehead atoms. The molecule has 2 saturated heterocycles. The summed E-state index contributed by atoms with van der Waals surface area (Å²) < 4.78 is 38.7. The maximum atomic E-state index is 13.9. The topological polar surface area (TPSA) is 52.6 Å². The van der Waals surface area contributed by atoms with Gasteiger partial charge in [-0.25, -0.2) is 8.78 Å². The fraction of sp³-hybridized carbons (Fsp3) is 0.391. The zero-order chi connectivity index (χ0) is 20.4. The Bertz CT molecular complexity index is 996. The fourth-order valence-corrected chi connectivity index (χ4v) is 5.34. The van der Waals surface area contributed by atoms with Crippen molar-refractivity contribution in [3.05, 3.63) is 58.7 Å². The van der Waals surface area contributed by atoms with Crippen LogP contribution in [0, 0.1) is 37.3 Å². The first-order valence-corrected chi connectivity index (χ1v) is 9.82. The number of hydrogen-bond acceptors (Lipinski definition) is 4. The van der Waals surface area contributed by atoms with Crippen LogP contribution in [0.25, 0.3) is 0 Å². The Labute approximate surface area is 166 Å². The molecule has 2 aromatic carbocycles. The number of ketones is 2. The summed E-state index contributed by atoms with van der Waals surface area (Å²) in [4.78, 5) is 26.3. The van der Waals surface area contributed by atoms with Crippen LogP contribution in [0.1, 0.15) is 35.4 Å². The maximum Gasteiger partial charge on any atom is 0.165 e. The largest absolute Gasteiger partial charge is 0.454 e. The monoisotopic (exact) mass is 398 g/mol. The first kappa shape index (κ1) is 18.4. The van der Waals surface area contributed by atoms with Gasteiger partial charge in [-0.2, -0.15) is 0 Å². The zero-order valence-electron chi connectivity index (χ0n) is 16.1. The molecule has 2 heterocycles. The first-order valence-electron chi connectivity index (χ1n) is 9.82. The number of aryl methyl sites for hydroxylation is 2. The van der Waals surface area contributed by atoms with Gasteiger partial charge in [0, 0.05) is 6.07 Å². The van der Waals surface area contributed by atoms with E-state index < -0.39 is 17.6 Å². The number of rotatable bonds is 3. The molecule has 0 N–H and O–H groups in total. The van der Waals surface area contributed by atoms with Gasteiger partial charge in [0.15, 0.2) is 23.1 Å². The van der Waals surface area contributed by atoms with Crippen LogP contribution in [0.3, 0.4) is 0 Å². The summed E-state index contributed by atoms with van der Waals surface area (Å²) in [5.41, 5.74) is 2.13. The summed E-state index contributed by atoms with van der Waals surface area (Å²) >= 11 is 0. The molecular formula is C23H20F2O4. The molecule has 2 aromatic rings. The molecule has 0 spiro atoms. The molecule has 5 atom stereocenters. The molecule has 1 saturated carbocycles. The van der Waals surface area contributed by atoms with Crippen molar-refractivity contribution in [3.63, 3.8) is 0 Å². The van der Waals surface area contributed by atoms with E-state index in [1.807, 2.05) is 0 Å². The summed E-state index contributed by atoms with van der Waals surface area (Å²) in [6.45, 7) is 3.60. The minimum absolute atomic E-state index is 0.0526. The standard InChI is InChI=1S/C23H20F2O4/c1-10-7-13(28-17-9-12(24)3-4-14(17)25)8-11(2)18(10)21-22(26)19-15-5-6-16(29-15)20(19)23(21)27/h3-4,7-9,15-16,19-21H,5-6H2,1-2H3/t15-,16+,19-,20+,21?. The van der Waals surface area contributed by atoms with Gasteiger partial charge in [0.1, 0.15) is 17.5 Å². The quantitative estimate of drug-likeness (QED) is 0.719. The van der Waals surface area contributed by atoms with Crippen molar-refractivity contribution in [2.24, 2.45) is 11.8 Å². The van der Waals surface area contributed by atoms with Crippen molar-refractivity contribution in [3.8, 4) is 11.5 Å². The number of carbonyl (C=O) groups is 2. The highest BCUT2D eigenvalue weighted by Crippen LogP contribution is 2.53. The second-order valence-corrected chi connectivity index (χ2v) is 8.23. The van der Waals surface area contributed by atoms with Crippen LogP contribution in [-0.4, -0.2) is 23.8 Å². The van der Waals surface area contributed by atoms with Crippen molar-refractivity contribution in [2.45, 2.75) is 44.8 Å². The van der Waals surface area contributed by atoms with Crippen LogP contribution < -0.4 is 4.74 Å². The van der Waals surface area contributed by atoms with E-state index in [0.29, 0.717) is 11.3 Å². The van der Waals surface area contributed by atoms with Crippen LogP contribution in [0.5, 0.6) is 11.5 Å². The van der Waals surface area contributed by atoms with Gasteiger partial charge in [-0.1, -0.05) is 0 Å². The van der Waals surface area contributed by atoms with E-state index in [9.17, 15) is 18.4 Å². The van der Waals surface area contributed by atoms with Gasteiger partial charge in [0.05, 0.1) is 24.0 Å². The van der Waals surface area contributed by atoms with Crippen molar-refractivity contribution in [2.75, 3.05) is 0 Å². The average Bonchev–Trinajstić information content (AvgIpc) is 3.34. The molecule has 1 aliphatic carbocycles. The van der Waals surface area contributed by atoms with Gasteiger partial charge in [0.25, 0.3) is 0 Å². The zero-order valence-corrected chi connectivity index (χ0v) is 16.1. The minimum atomic E-state index is -0.781. The highest BCUT2D eigenvalue weighted by Gasteiger charge is 2.63. The number of carbonyl (C=O) groups excluding carboxylic acids is 2. The number of halogens is 2. The molecule has 1 unspecified atom stereocenters. The molecule has 0 aromatic heterocycles. The fourth-order valence-electron chi connectivity index (χ4n) is 5.34. The van der Waals surface area contributed by atoms with Crippen molar-refractivity contribution < 1.29 is 27.8 Å². The van der Waals surface area contributed by atoms with Gasteiger partial charge < -0.3 is 9.47 Å². The molecule has 0 amide bonds. The first-order chi connectivity index (χ1) is 13.8. The number of fused-ring (bicyclic) bond motifs is 5. The summed E-state index contributed by atoms with van der Waals surface area (Å²) in [5, 5.41) is 0. The molecule has 3 aliphatic rings. The molecule has 5 rings (SSSR count). The van der Waals surface area contributed by atoms with Crippen LogP contribution >= 0.6 is 0 Å². The van der Waals surface area contributed by atoms with Crippen LogP contribution in [-0.2, 0) is 14.3 Å². The van der Waals surface area contributed by atoms with E-state index >= 15 is 0 Å². The van der Waals surface area contributed by atoms with E-state index in [1.165, 1.54) is 0 Å². The Kier molecular flexibility index (Phi) is 4.10. The molecule has 4 nitrogen and oxygen atoms in total. The van der Waals surface area contributed by atoms with Crippen molar-refractivity contribution in [1.82, 2.24) is 0 Å². The Morgan fingerprint density at radius 1 is 0.931 bits per heavy atom. The SMILES string of the molecule is Cc1cc(Oc2cc(F)ccc2F)cc(C)c1C1C(=O)[C@@H]2[C@H](C1=O)[C@H]1CC[C@@H]2O1.